The van der Waals surface area contributed by atoms with E-state index in [2.05, 4.69) is 54.8 Å². The zero-order valence-electron chi connectivity index (χ0n) is 15.8. The van der Waals surface area contributed by atoms with Crippen molar-refractivity contribution in [3.8, 4) is 0 Å². The first kappa shape index (κ1) is 19.3. The van der Waals surface area contributed by atoms with Gasteiger partial charge in [-0.15, -0.1) is 11.3 Å². The van der Waals surface area contributed by atoms with Crippen LogP contribution in [0.3, 0.4) is 0 Å². The molecule has 0 spiro atoms. The second-order valence-electron chi connectivity index (χ2n) is 6.94. The van der Waals surface area contributed by atoms with Crippen LogP contribution in [0.15, 0.2) is 78.2 Å². The highest BCUT2D eigenvalue weighted by molar-refractivity contribution is 7.10. The van der Waals surface area contributed by atoms with Crippen LogP contribution in [-0.4, -0.2) is 12.5 Å². The van der Waals surface area contributed by atoms with Crippen molar-refractivity contribution in [3.05, 3.63) is 94.2 Å². The van der Waals surface area contributed by atoms with E-state index < -0.39 is 0 Å². The monoisotopic (exact) mass is 378 g/mol. The molecule has 1 heterocycles. The maximum Gasteiger partial charge on any atom is 0.234 e. The van der Waals surface area contributed by atoms with Crippen LogP contribution in [0.25, 0.3) is 0 Å². The molecule has 0 unspecified atom stereocenters. The van der Waals surface area contributed by atoms with Gasteiger partial charge in [-0.3, -0.25) is 4.79 Å². The van der Waals surface area contributed by atoms with Crippen molar-refractivity contribution in [2.75, 3.05) is 6.54 Å². The summed E-state index contributed by atoms with van der Waals surface area (Å²) in [6, 6.07) is 24.5. The molecule has 0 saturated heterocycles. The van der Waals surface area contributed by atoms with Crippen molar-refractivity contribution in [1.82, 2.24) is 10.6 Å². The Kier molecular flexibility index (Phi) is 6.80. The van der Waals surface area contributed by atoms with Crippen LogP contribution < -0.4 is 10.6 Å². The lowest BCUT2D eigenvalue weighted by molar-refractivity contribution is -0.120. The van der Waals surface area contributed by atoms with Crippen LogP contribution in [0.5, 0.6) is 0 Å². The van der Waals surface area contributed by atoms with E-state index in [1.54, 1.807) is 11.3 Å². The van der Waals surface area contributed by atoms with Gasteiger partial charge in [0.1, 0.15) is 0 Å². The van der Waals surface area contributed by atoms with Gasteiger partial charge >= 0.3 is 0 Å². The molecular formula is C23H26N2OS. The predicted molar refractivity (Wildman–Crippen MR) is 113 cm³/mol. The molecule has 0 radical (unpaired) electrons. The summed E-state index contributed by atoms with van der Waals surface area (Å²) in [6.45, 7) is 4.62. The lowest BCUT2D eigenvalue weighted by Crippen LogP contribution is -2.39. The first-order chi connectivity index (χ1) is 13.1. The van der Waals surface area contributed by atoms with Gasteiger partial charge in [-0.2, -0.15) is 0 Å². The number of thiophene rings is 1. The molecule has 4 heteroatoms. The minimum Gasteiger partial charge on any atom is -0.343 e. The summed E-state index contributed by atoms with van der Waals surface area (Å²) in [5, 5.41) is 8.66. The van der Waals surface area contributed by atoms with Gasteiger partial charge in [0.2, 0.25) is 5.91 Å². The van der Waals surface area contributed by atoms with Crippen LogP contribution >= 0.6 is 11.3 Å². The third-order valence-electron chi connectivity index (χ3n) is 4.57. The summed E-state index contributed by atoms with van der Waals surface area (Å²) in [4.78, 5) is 13.8. The Morgan fingerprint density at radius 3 is 2.07 bits per heavy atom. The molecule has 0 aliphatic carbocycles. The van der Waals surface area contributed by atoms with Crippen molar-refractivity contribution < 1.29 is 4.79 Å². The standard InChI is InChI=1S/C23H26N2OS/c1-17(2)22(18-10-5-3-6-11-18)24-16-21(26)25-23(20-14-9-15-27-20)19-12-7-4-8-13-19/h3-15,17,22-24H,16H2,1-2H3,(H,25,26)/t22-,23+/m1/s1. The fourth-order valence-electron chi connectivity index (χ4n) is 3.23. The van der Waals surface area contributed by atoms with Crippen LogP contribution in [0.1, 0.15) is 41.9 Å². The van der Waals surface area contributed by atoms with Gasteiger partial charge in [0, 0.05) is 10.9 Å². The number of carbonyl (C=O) groups is 1. The Morgan fingerprint density at radius 2 is 1.52 bits per heavy atom. The maximum atomic E-state index is 12.7. The zero-order chi connectivity index (χ0) is 19.1. The lowest BCUT2D eigenvalue weighted by Gasteiger charge is -2.24. The quantitative estimate of drug-likeness (QED) is 0.583. The molecule has 3 rings (SSSR count). The number of hydrogen-bond acceptors (Lipinski definition) is 3. The van der Waals surface area contributed by atoms with E-state index >= 15 is 0 Å². The number of carbonyl (C=O) groups excluding carboxylic acids is 1. The number of benzene rings is 2. The molecule has 2 atom stereocenters. The fraction of sp³-hybridized carbons (Fsp3) is 0.261. The molecule has 0 aliphatic heterocycles. The summed E-state index contributed by atoms with van der Waals surface area (Å²) in [7, 11) is 0. The van der Waals surface area contributed by atoms with Crippen molar-refractivity contribution in [3.63, 3.8) is 0 Å². The Balaban J connectivity index is 1.67. The molecule has 2 aromatic carbocycles. The molecule has 0 saturated carbocycles. The van der Waals surface area contributed by atoms with Crippen LogP contribution in [0.4, 0.5) is 0 Å². The van der Waals surface area contributed by atoms with Crippen molar-refractivity contribution in [2.24, 2.45) is 5.92 Å². The van der Waals surface area contributed by atoms with Gasteiger partial charge in [-0.1, -0.05) is 80.6 Å². The molecule has 0 fully saturated rings. The first-order valence-electron chi connectivity index (χ1n) is 9.31. The van der Waals surface area contributed by atoms with Crippen molar-refractivity contribution >= 4 is 17.2 Å². The largest absolute Gasteiger partial charge is 0.343 e. The minimum absolute atomic E-state index is 0.00108. The average molecular weight is 379 g/mol. The molecule has 3 nitrogen and oxygen atoms in total. The number of hydrogen-bond donors (Lipinski definition) is 2. The van der Waals surface area contributed by atoms with Crippen LogP contribution in [-0.2, 0) is 4.79 Å². The topological polar surface area (TPSA) is 41.1 Å². The van der Waals surface area contributed by atoms with Gasteiger partial charge in [0.25, 0.3) is 0 Å². The number of rotatable bonds is 8. The van der Waals surface area contributed by atoms with Crippen molar-refractivity contribution in [1.29, 1.82) is 0 Å². The van der Waals surface area contributed by atoms with E-state index in [-0.39, 0.29) is 24.5 Å². The summed E-state index contributed by atoms with van der Waals surface area (Å²) in [5.41, 5.74) is 2.30. The van der Waals surface area contributed by atoms with Gasteiger partial charge in [-0.05, 0) is 28.5 Å². The maximum absolute atomic E-state index is 12.7. The van der Waals surface area contributed by atoms with Crippen LogP contribution in [0.2, 0.25) is 0 Å². The highest BCUT2D eigenvalue weighted by Gasteiger charge is 2.20. The Labute approximate surface area is 165 Å². The molecule has 3 aromatic rings. The number of amides is 1. The van der Waals surface area contributed by atoms with Crippen LogP contribution in [0, 0.1) is 5.92 Å². The van der Waals surface area contributed by atoms with Gasteiger partial charge in [0.05, 0.1) is 12.6 Å². The molecular weight excluding hydrogens is 352 g/mol. The molecule has 0 bridgehead atoms. The van der Waals surface area contributed by atoms with E-state index in [0.29, 0.717) is 5.92 Å². The molecule has 27 heavy (non-hydrogen) atoms. The first-order valence-corrected chi connectivity index (χ1v) is 10.2. The second kappa shape index (κ2) is 9.49. The number of nitrogens with one attached hydrogen (secondary N) is 2. The van der Waals surface area contributed by atoms with E-state index in [9.17, 15) is 4.79 Å². The summed E-state index contributed by atoms with van der Waals surface area (Å²) in [5.74, 6) is 0.390. The van der Waals surface area contributed by atoms with Gasteiger partial charge < -0.3 is 10.6 Å². The normalized spacial score (nSPS) is 13.3. The molecule has 1 aromatic heterocycles. The third kappa shape index (κ3) is 5.28. The smallest absolute Gasteiger partial charge is 0.234 e. The fourth-order valence-corrected chi connectivity index (χ4v) is 4.04. The predicted octanol–water partition coefficient (Wildman–Crippen LogP) is 4.94. The van der Waals surface area contributed by atoms with E-state index in [0.717, 1.165) is 10.4 Å². The van der Waals surface area contributed by atoms with E-state index in [4.69, 9.17) is 0 Å². The molecule has 140 valence electrons. The summed E-state index contributed by atoms with van der Waals surface area (Å²) >= 11 is 1.66. The lowest BCUT2D eigenvalue weighted by atomic mass is 9.96. The van der Waals surface area contributed by atoms with E-state index in [1.165, 1.54) is 5.56 Å². The van der Waals surface area contributed by atoms with Gasteiger partial charge in [0.15, 0.2) is 0 Å². The zero-order valence-corrected chi connectivity index (χ0v) is 16.6. The highest BCUT2D eigenvalue weighted by Crippen LogP contribution is 2.26. The van der Waals surface area contributed by atoms with Crippen molar-refractivity contribution in [2.45, 2.75) is 25.9 Å². The second-order valence-corrected chi connectivity index (χ2v) is 7.92. The molecule has 2 N–H and O–H groups in total. The SMILES string of the molecule is CC(C)[C@@H](NCC(=O)N[C@@H](c1ccccc1)c1cccs1)c1ccccc1. The van der Waals surface area contributed by atoms with E-state index in [1.807, 2.05) is 47.8 Å². The Morgan fingerprint density at radius 1 is 0.889 bits per heavy atom. The molecule has 1 amide bonds. The third-order valence-corrected chi connectivity index (χ3v) is 5.51. The Hall–Kier alpha value is -2.43. The highest BCUT2D eigenvalue weighted by atomic mass is 32.1. The summed E-state index contributed by atoms with van der Waals surface area (Å²) < 4.78 is 0. The Bertz CT molecular complexity index is 816. The summed E-state index contributed by atoms with van der Waals surface area (Å²) in [6.07, 6.45) is 0. The molecule has 0 aliphatic rings. The van der Waals surface area contributed by atoms with Gasteiger partial charge in [-0.25, -0.2) is 0 Å². The average Bonchev–Trinajstić information content (AvgIpc) is 3.22. The minimum atomic E-state index is -0.116.